The summed E-state index contributed by atoms with van der Waals surface area (Å²) in [6, 6.07) is 12.4. The van der Waals surface area contributed by atoms with Crippen LogP contribution in [0.25, 0.3) is 28.0 Å². The van der Waals surface area contributed by atoms with Crippen LogP contribution in [0, 0.1) is 0 Å². The lowest BCUT2D eigenvalue weighted by molar-refractivity contribution is 0.111. The number of fused-ring (bicyclic) bond motifs is 1. The summed E-state index contributed by atoms with van der Waals surface area (Å²) in [6.07, 6.45) is 4.04. The van der Waals surface area contributed by atoms with Crippen molar-refractivity contribution in [2.24, 2.45) is 0 Å². The zero-order valence-electron chi connectivity index (χ0n) is 15.8. The highest BCUT2D eigenvalue weighted by atomic mass is 35.5. The number of anilines is 1. The van der Waals surface area contributed by atoms with Crippen LogP contribution in [-0.2, 0) is 0 Å². The fourth-order valence-corrected chi connectivity index (χ4v) is 3.54. The minimum absolute atomic E-state index is 0.00883. The fraction of sp³-hybridized carbons (Fsp3) is 0.0455. The number of aromatic nitrogens is 3. The second kappa shape index (κ2) is 7.88. The van der Waals surface area contributed by atoms with Gasteiger partial charge in [0.25, 0.3) is 5.56 Å². The van der Waals surface area contributed by atoms with Crippen LogP contribution in [-0.4, -0.2) is 34.0 Å². The van der Waals surface area contributed by atoms with E-state index in [4.69, 9.17) is 11.6 Å². The molecule has 0 bridgehead atoms. The Bertz CT molecular complexity index is 1360. The van der Waals surface area contributed by atoms with Gasteiger partial charge < -0.3 is 5.32 Å². The Kier molecular flexibility index (Phi) is 5.12. The summed E-state index contributed by atoms with van der Waals surface area (Å²) in [6.45, 7) is 0. The first-order chi connectivity index (χ1) is 14.6. The first-order valence-electron chi connectivity index (χ1n) is 8.97. The third kappa shape index (κ3) is 3.25. The summed E-state index contributed by atoms with van der Waals surface area (Å²) in [5, 5.41) is 3.38. The molecule has 4 aromatic rings. The highest BCUT2D eigenvalue weighted by molar-refractivity contribution is 6.36. The van der Waals surface area contributed by atoms with Gasteiger partial charge in [0.05, 0.1) is 21.8 Å². The number of halogens is 1. The molecule has 0 atom stereocenters. The third-order valence-corrected chi connectivity index (χ3v) is 5.15. The average molecular weight is 419 g/mol. The van der Waals surface area contributed by atoms with E-state index < -0.39 is 5.56 Å². The van der Waals surface area contributed by atoms with E-state index in [1.165, 1.54) is 10.6 Å². The standard InChI is InChI=1S/C22H15ClN4O3/c1-24-21-14(11-28)5-6-18(26-21)17-4-2-3-16(20(17)23)13-7-8-27-19(9-13)25-10-15(12-29)22(27)30/h2-12H,1H3,(H,24,26). The van der Waals surface area contributed by atoms with E-state index in [-0.39, 0.29) is 5.56 Å². The quantitative estimate of drug-likeness (QED) is 0.496. The van der Waals surface area contributed by atoms with Crippen molar-refractivity contribution in [3.63, 3.8) is 0 Å². The van der Waals surface area contributed by atoms with Crippen LogP contribution in [0.5, 0.6) is 0 Å². The molecule has 4 rings (SSSR count). The van der Waals surface area contributed by atoms with Gasteiger partial charge in [0.2, 0.25) is 0 Å². The van der Waals surface area contributed by atoms with Crippen LogP contribution in [0.4, 0.5) is 5.82 Å². The van der Waals surface area contributed by atoms with Crippen LogP contribution in [0.1, 0.15) is 20.7 Å². The number of carbonyl (C=O) groups excluding carboxylic acids is 2. The molecule has 3 heterocycles. The highest BCUT2D eigenvalue weighted by Gasteiger charge is 2.14. The molecule has 148 valence electrons. The van der Waals surface area contributed by atoms with Gasteiger partial charge in [-0.15, -0.1) is 0 Å². The molecule has 1 N–H and O–H groups in total. The normalized spacial score (nSPS) is 10.7. The Morgan fingerprint density at radius 1 is 1.03 bits per heavy atom. The molecule has 3 aromatic heterocycles. The zero-order chi connectivity index (χ0) is 21.3. The van der Waals surface area contributed by atoms with Crippen molar-refractivity contribution in [3.05, 3.63) is 81.4 Å². The van der Waals surface area contributed by atoms with Gasteiger partial charge in [0.1, 0.15) is 11.5 Å². The van der Waals surface area contributed by atoms with E-state index in [0.717, 1.165) is 17.4 Å². The molecule has 0 saturated heterocycles. The molecule has 0 spiro atoms. The molecule has 0 unspecified atom stereocenters. The molecule has 0 aliphatic rings. The van der Waals surface area contributed by atoms with Gasteiger partial charge in [-0.3, -0.25) is 18.8 Å². The molecule has 0 aliphatic carbocycles. The van der Waals surface area contributed by atoms with Gasteiger partial charge in [-0.05, 0) is 29.8 Å². The van der Waals surface area contributed by atoms with E-state index >= 15 is 0 Å². The smallest absolute Gasteiger partial charge is 0.268 e. The second-order valence-corrected chi connectivity index (χ2v) is 6.83. The summed E-state index contributed by atoms with van der Waals surface area (Å²) in [7, 11) is 1.69. The molecule has 7 nitrogen and oxygen atoms in total. The maximum absolute atomic E-state index is 12.3. The summed E-state index contributed by atoms with van der Waals surface area (Å²) in [4.78, 5) is 43.0. The second-order valence-electron chi connectivity index (χ2n) is 6.45. The number of hydrogen-bond acceptors (Lipinski definition) is 6. The fourth-order valence-electron chi connectivity index (χ4n) is 3.21. The van der Waals surface area contributed by atoms with E-state index in [2.05, 4.69) is 15.3 Å². The van der Waals surface area contributed by atoms with Crippen molar-refractivity contribution in [2.45, 2.75) is 0 Å². The van der Waals surface area contributed by atoms with Crippen molar-refractivity contribution in [2.75, 3.05) is 12.4 Å². The summed E-state index contributed by atoms with van der Waals surface area (Å²) in [5.74, 6) is 0.462. The Morgan fingerprint density at radius 3 is 2.53 bits per heavy atom. The van der Waals surface area contributed by atoms with Gasteiger partial charge in [-0.2, -0.15) is 0 Å². The van der Waals surface area contributed by atoms with Crippen molar-refractivity contribution < 1.29 is 9.59 Å². The minimum Gasteiger partial charge on any atom is -0.373 e. The minimum atomic E-state index is -0.430. The van der Waals surface area contributed by atoms with E-state index in [0.29, 0.717) is 39.6 Å². The summed E-state index contributed by atoms with van der Waals surface area (Å²) >= 11 is 6.71. The van der Waals surface area contributed by atoms with E-state index in [1.807, 2.05) is 18.2 Å². The summed E-state index contributed by atoms with van der Waals surface area (Å²) in [5.41, 5.74) is 3.21. The first kappa shape index (κ1) is 19.5. The first-order valence-corrected chi connectivity index (χ1v) is 9.35. The van der Waals surface area contributed by atoms with Crippen molar-refractivity contribution in [1.29, 1.82) is 0 Å². The Balaban J connectivity index is 1.85. The lowest BCUT2D eigenvalue weighted by Gasteiger charge is -2.12. The number of nitrogens with one attached hydrogen (secondary N) is 1. The van der Waals surface area contributed by atoms with Crippen LogP contribution in [0.3, 0.4) is 0 Å². The predicted octanol–water partition coefficient (Wildman–Crippen LogP) is 3.74. The average Bonchev–Trinajstić information content (AvgIpc) is 2.79. The van der Waals surface area contributed by atoms with Crippen LogP contribution in [0.2, 0.25) is 5.02 Å². The van der Waals surface area contributed by atoms with Gasteiger partial charge in [-0.25, -0.2) is 9.97 Å². The maximum Gasteiger partial charge on any atom is 0.268 e. The SMILES string of the molecule is CNc1nc(-c2cccc(-c3ccn4c(=O)c(C=O)cnc4c3)c2Cl)ccc1C=O. The Hall–Kier alpha value is -3.84. The number of aldehydes is 2. The zero-order valence-corrected chi connectivity index (χ0v) is 16.6. The van der Waals surface area contributed by atoms with Crippen LogP contribution in [0.15, 0.2) is 59.7 Å². The molecule has 0 fully saturated rings. The molecule has 1 aromatic carbocycles. The number of pyridine rings is 2. The predicted molar refractivity (Wildman–Crippen MR) is 115 cm³/mol. The summed E-state index contributed by atoms with van der Waals surface area (Å²) < 4.78 is 1.31. The third-order valence-electron chi connectivity index (χ3n) is 4.74. The van der Waals surface area contributed by atoms with Crippen molar-refractivity contribution >= 4 is 35.6 Å². The van der Waals surface area contributed by atoms with E-state index in [9.17, 15) is 14.4 Å². The lowest BCUT2D eigenvalue weighted by Crippen LogP contribution is -2.18. The van der Waals surface area contributed by atoms with Crippen LogP contribution < -0.4 is 10.9 Å². The molecule has 8 heteroatoms. The lowest BCUT2D eigenvalue weighted by atomic mass is 10.0. The molecule has 0 saturated carbocycles. The molecular formula is C22H15ClN4O3. The number of hydrogen-bond donors (Lipinski definition) is 1. The maximum atomic E-state index is 12.3. The largest absolute Gasteiger partial charge is 0.373 e. The number of carbonyl (C=O) groups is 2. The monoisotopic (exact) mass is 418 g/mol. The number of rotatable bonds is 5. The van der Waals surface area contributed by atoms with E-state index in [1.54, 1.807) is 37.5 Å². The van der Waals surface area contributed by atoms with Gasteiger partial charge in [0, 0.05) is 30.6 Å². The number of nitrogens with zero attached hydrogens (tertiary/aromatic N) is 3. The van der Waals surface area contributed by atoms with Crippen molar-refractivity contribution in [3.8, 4) is 22.4 Å². The molecule has 0 radical (unpaired) electrons. The van der Waals surface area contributed by atoms with Gasteiger partial charge >= 0.3 is 0 Å². The Labute approximate surface area is 176 Å². The highest BCUT2D eigenvalue weighted by Crippen LogP contribution is 2.36. The molecular weight excluding hydrogens is 404 g/mol. The molecule has 30 heavy (non-hydrogen) atoms. The van der Waals surface area contributed by atoms with Gasteiger partial charge in [0.15, 0.2) is 12.6 Å². The Morgan fingerprint density at radius 2 is 1.80 bits per heavy atom. The van der Waals surface area contributed by atoms with Gasteiger partial charge in [-0.1, -0.05) is 29.8 Å². The molecule has 0 amide bonds. The number of benzene rings is 1. The molecule has 0 aliphatic heterocycles. The van der Waals surface area contributed by atoms with Crippen molar-refractivity contribution in [1.82, 2.24) is 14.4 Å². The topological polar surface area (TPSA) is 93.4 Å². The van der Waals surface area contributed by atoms with Crippen LogP contribution >= 0.6 is 11.6 Å².